The number of halogens is 2. The van der Waals surface area contributed by atoms with E-state index in [1.165, 1.54) is 31.2 Å². The van der Waals surface area contributed by atoms with E-state index in [0.717, 1.165) is 23.0 Å². The van der Waals surface area contributed by atoms with Crippen LogP contribution in [0, 0.1) is 29.4 Å². The van der Waals surface area contributed by atoms with Crippen molar-refractivity contribution in [2.24, 2.45) is 17.8 Å². The molecule has 3 aromatic carbocycles. The second-order valence-corrected chi connectivity index (χ2v) is 13.9. The van der Waals surface area contributed by atoms with E-state index in [4.69, 9.17) is 7.85 Å². The zero-order chi connectivity index (χ0) is 28.8. The summed E-state index contributed by atoms with van der Waals surface area (Å²) in [7, 11) is 6.22. The molecule has 0 saturated heterocycles. The maximum atomic E-state index is 15.6. The van der Waals surface area contributed by atoms with Crippen LogP contribution in [0.1, 0.15) is 103 Å². The molecule has 1 aliphatic carbocycles. The fourth-order valence-corrected chi connectivity index (χ4v) is 6.55. The van der Waals surface area contributed by atoms with Crippen molar-refractivity contribution in [1.82, 2.24) is 0 Å². The van der Waals surface area contributed by atoms with Crippen LogP contribution in [-0.2, 0) is 16.1 Å². The highest BCUT2D eigenvalue weighted by atomic mass is 19.2. The summed E-state index contributed by atoms with van der Waals surface area (Å²) in [6.07, 6.45) is 5.10. The molecule has 1 saturated carbocycles. The Hall–Kier alpha value is -2.42. The molecule has 0 unspecified atom stereocenters. The van der Waals surface area contributed by atoms with E-state index in [-0.39, 0.29) is 5.41 Å². The zero-order valence-electron chi connectivity index (χ0n) is 25.2. The first kappa shape index (κ1) is 29.6. The molecule has 0 bridgehead atoms. The van der Waals surface area contributed by atoms with E-state index in [1.807, 2.05) is 64.1 Å². The molecule has 0 atom stereocenters. The third-order valence-electron chi connectivity index (χ3n) is 9.78. The van der Waals surface area contributed by atoms with Crippen LogP contribution in [0.25, 0.3) is 11.1 Å². The van der Waals surface area contributed by atoms with Gasteiger partial charge in [0.2, 0.25) is 0 Å². The minimum absolute atomic E-state index is 0.0484. The summed E-state index contributed by atoms with van der Waals surface area (Å²) in [5, 5.41) is -0.459. The highest BCUT2D eigenvalue weighted by Crippen LogP contribution is 2.44. The van der Waals surface area contributed by atoms with Crippen LogP contribution in [0.2, 0.25) is 0 Å². The lowest BCUT2D eigenvalue weighted by Gasteiger charge is -2.41. The van der Waals surface area contributed by atoms with Crippen molar-refractivity contribution in [3.63, 3.8) is 0 Å². The van der Waals surface area contributed by atoms with Gasteiger partial charge in [-0.25, -0.2) is 8.78 Å². The second-order valence-electron chi connectivity index (χ2n) is 13.9. The Bertz CT molecular complexity index is 1270. The molecule has 4 rings (SSSR count). The lowest BCUT2D eigenvalue weighted by molar-refractivity contribution is 0.167. The molecule has 0 spiro atoms. The third kappa shape index (κ3) is 5.89. The average Bonchev–Trinajstić information content (AvgIpc) is 2.89. The van der Waals surface area contributed by atoms with E-state index in [9.17, 15) is 0 Å². The Morgan fingerprint density at radius 1 is 0.667 bits per heavy atom. The molecule has 1 aliphatic rings. The number of hydrogen-bond acceptors (Lipinski definition) is 0. The summed E-state index contributed by atoms with van der Waals surface area (Å²) in [6.45, 7) is 17.1. The minimum atomic E-state index is -0.792. The quantitative estimate of drug-likeness (QED) is 0.269. The molecule has 1 fully saturated rings. The molecule has 0 N–H and O–H groups in total. The van der Waals surface area contributed by atoms with Gasteiger partial charge in [-0.05, 0) is 70.9 Å². The van der Waals surface area contributed by atoms with Gasteiger partial charge < -0.3 is 0 Å². The Balaban J connectivity index is 1.57. The zero-order valence-corrected chi connectivity index (χ0v) is 25.2. The Morgan fingerprint density at radius 3 is 1.69 bits per heavy atom. The van der Waals surface area contributed by atoms with Crippen LogP contribution in [-0.4, -0.2) is 7.85 Å². The summed E-state index contributed by atoms with van der Waals surface area (Å²) in [6, 6.07) is 19.5. The van der Waals surface area contributed by atoms with Gasteiger partial charge in [0.05, 0.1) is 7.85 Å². The molecular weight excluding hydrogens is 481 g/mol. The summed E-state index contributed by atoms with van der Waals surface area (Å²) in [4.78, 5) is 0. The summed E-state index contributed by atoms with van der Waals surface area (Å²) >= 11 is 0. The average molecular weight is 527 g/mol. The predicted molar refractivity (Wildman–Crippen MR) is 162 cm³/mol. The number of benzene rings is 3. The Morgan fingerprint density at radius 2 is 1.18 bits per heavy atom. The van der Waals surface area contributed by atoms with Crippen molar-refractivity contribution in [2.75, 3.05) is 0 Å². The molecular formula is C36H45BF2. The van der Waals surface area contributed by atoms with Crippen LogP contribution in [0.4, 0.5) is 8.78 Å². The van der Waals surface area contributed by atoms with Crippen LogP contribution >= 0.6 is 0 Å². The van der Waals surface area contributed by atoms with E-state index in [2.05, 4.69) is 39.8 Å². The van der Waals surface area contributed by atoms with Crippen molar-refractivity contribution >= 4 is 7.85 Å². The highest BCUT2D eigenvalue weighted by molar-refractivity contribution is 6.15. The molecule has 0 aliphatic heterocycles. The smallest absolute Gasteiger partial charge is 0.166 e. The number of rotatable bonds is 7. The van der Waals surface area contributed by atoms with Gasteiger partial charge in [0, 0.05) is 16.5 Å². The Kier molecular flexibility index (Phi) is 8.24. The van der Waals surface area contributed by atoms with E-state index >= 15 is 8.78 Å². The fraction of sp³-hybridized carbons (Fsp3) is 0.500. The fourth-order valence-electron chi connectivity index (χ4n) is 6.55. The molecule has 3 aromatic rings. The van der Waals surface area contributed by atoms with Gasteiger partial charge in [-0.15, -0.1) is 0 Å². The van der Waals surface area contributed by atoms with Gasteiger partial charge >= 0.3 is 0 Å². The highest BCUT2D eigenvalue weighted by Gasteiger charge is 2.35. The van der Waals surface area contributed by atoms with Gasteiger partial charge in [-0.3, -0.25) is 0 Å². The second kappa shape index (κ2) is 10.9. The predicted octanol–water partition coefficient (Wildman–Crippen LogP) is 10.1. The molecule has 0 aromatic heterocycles. The minimum Gasteiger partial charge on any atom is -0.203 e. The number of hydrogen-bond donors (Lipinski definition) is 0. The van der Waals surface area contributed by atoms with Gasteiger partial charge in [-0.2, -0.15) is 0 Å². The van der Waals surface area contributed by atoms with Gasteiger partial charge in [-0.1, -0.05) is 122 Å². The first-order chi connectivity index (χ1) is 18.1. The molecule has 2 radical (unpaired) electrons. The van der Waals surface area contributed by atoms with Crippen LogP contribution in [0.15, 0.2) is 60.7 Å². The molecule has 39 heavy (non-hydrogen) atoms. The molecule has 0 heterocycles. The molecule has 0 amide bonds. The first-order valence-corrected chi connectivity index (χ1v) is 14.6. The van der Waals surface area contributed by atoms with Crippen LogP contribution < -0.4 is 0 Å². The maximum absolute atomic E-state index is 15.6. The standard InChI is InChI=1S/C36H45BF2/c1-23(2)24-9-13-26(14-10-24)34(3,4)27-15-11-25(12-16-27)30-21-22-31(33(39)32(30)38)35(5,6)28-17-19-29(20-18-28)36(7,8)37/h11-12,15-24,26H,9-10,13-14H2,1-8H3. The van der Waals surface area contributed by atoms with Crippen molar-refractivity contribution in [2.45, 2.75) is 97.2 Å². The van der Waals surface area contributed by atoms with E-state index in [1.54, 1.807) is 12.1 Å². The van der Waals surface area contributed by atoms with Crippen molar-refractivity contribution in [3.05, 3.63) is 94.6 Å². The van der Waals surface area contributed by atoms with Crippen LogP contribution in [0.5, 0.6) is 0 Å². The SMILES string of the molecule is [B]C(C)(C)c1ccc(C(C)(C)c2ccc(-c3ccc(C(C)(C)C4CCC(C(C)C)CC4)cc3)c(F)c2F)cc1. The van der Waals surface area contributed by atoms with Gasteiger partial charge in [0.25, 0.3) is 0 Å². The molecule has 206 valence electrons. The van der Waals surface area contributed by atoms with E-state index < -0.39 is 22.4 Å². The lowest BCUT2D eigenvalue weighted by atomic mass is 9.64. The Labute approximate surface area is 237 Å². The molecule has 3 heteroatoms. The first-order valence-electron chi connectivity index (χ1n) is 14.6. The summed E-state index contributed by atoms with van der Waals surface area (Å²) < 4.78 is 31.2. The van der Waals surface area contributed by atoms with Crippen molar-refractivity contribution in [3.8, 4) is 11.1 Å². The van der Waals surface area contributed by atoms with Crippen LogP contribution in [0.3, 0.4) is 0 Å². The summed E-state index contributed by atoms with van der Waals surface area (Å²) in [5.41, 5.74) is 3.87. The molecule has 0 nitrogen and oxygen atoms in total. The normalized spacial score (nSPS) is 18.9. The largest absolute Gasteiger partial charge is 0.203 e. The van der Waals surface area contributed by atoms with Gasteiger partial charge in [0.15, 0.2) is 11.6 Å². The van der Waals surface area contributed by atoms with E-state index in [0.29, 0.717) is 22.6 Å². The monoisotopic (exact) mass is 526 g/mol. The summed E-state index contributed by atoms with van der Waals surface area (Å²) in [5.74, 6) is 0.651. The topological polar surface area (TPSA) is 0 Å². The third-order valence-corrected chi connectivity index (χ3v) is 9.78. The van der Waals surface area contributed by atoms with Gasteiger partial charge in [0.1, 0.15) is 0 Å². The van der Waals surface area contributed by atoms with Crippen molar-refractivity contribution in [1.29, 1.82) is 0 Å². The lowest BCUT2D eigenvalue weighted by Crippen LogP contribution is -2.33. The maximum Gasteiger partial charge on any atom is 0.166 e. The van der Waals surface area contributed by atoms with Crippen molar-refractivity contribution < 1.29 is 8.78 Å².